The number of rotatable bonds is 3. The minimum Gasteiger partial charge on any atom is -0.414 e. The Kier molecular flexibility index (Phi) is 5.95. The fourth-order valence-electron chi connectivity index (χ4n) is 8.42. The van der Waals surface area contributed by atoms with E-state index < -0.39 is 14.4 Å². The summed E-state index contributed by atoms with van der Waals surface area (Å²) in [7, 11) is -2.05. The molecule has 0 heterocycles. The molecule has 182 valence electrons. The Hall–Kier alpha value is -0.523. The van der Waals surface area contributed by atoms with Gasteiger partial charge in [0.2, 0.25) is 0 Å². The first-order valence-electron chi connectivity index (χ1n) is 13.0. The fourth-order valence-corrected chi connectivity index (χ4v) is 9.76. The minimum atomic E-state index is -2.05. The average molecular weight is 463 g/mol. The van der Waals surface area contributed by atoms with E-state index in [1.807, 2.05) is 0 Å². The average Bonchev–Trinajstić information content (AvgIpc) is 2.98. The fraction of sp³-hybridized carbons (Fsp3) is 0.926. The van der Waals surface area contributed by atoms with Gasteiger partial charge in [-0.15, -0.1) is 0 Å². The molecule has 4 aliphatic carbocycles. The zero-order valence-corrected chi connectivity index (χ0v) is 22.7. The predicted molar refractivity (Wildman–Crippen MR) is 130 cm³/mol. The molecule has 0 radical (unpaired) electrons. The lowest BCUT2D eigenvalue weighted by Gasteiger charge is -2.64. The van der Waals surface area contributed by atoms with Gasteiger partial charge in [0.1, 0.15) is 11.6 Å². The third kappa shape index (κ3) is 3.60. The number of fused-ring (bicyclic) bond motifs is 5. The molecule has 0 spiro atoms. The summed E-state index contributed by atoms with van der Waals surface area (Å²) in [4.78, 5) is 25.1. The minimum absolute atomic E-state index is 0.0283. The molecular weight excluding hydrogens is 416 g/mol. The predicted octanol–water partition coefficient (Wildman–Crippen LogP) is 5.77. The molecule has 4 rings (SSSR count). The van der Waals surface area contributed by atoms with Gasteiger partial charge in [-0.3, -0.25) is 9.59 Å². The molecular formula is C27H46O4Si. The van der Waals surface area contributed by atoms with E-state index in [1.54, 1.807) is 6.92 Å². The van der Waals surface area contributed by atoms with Crippen LogP contribution in [0.3, 0.4) is 0 Å². The molecule has 0 amide bonds. The Bertz CT molecular complexity index is 785. The van der Waals surface area contributed by atoms with Crippen molar-refractivity contribution in [2.45, 2.75) is 117 Å². The molecule has 0 aliphatic heterocycles. The van der Waals surface area contributed by atoms with Gasteiger partial charge in [0.05, 0.1) is 6.10 Å². The third-order valence-electron chi connectivity index (χ3n) is 11.2. The van der Waals surface area contributed by atoms with Crippen molar-refractivity contribution in [3.63, 3.8) is 0 Å². The topological polar surface area (TPSA) is 63.6 Å². The van der Waals surface area contributed by atoms with Crippen LogP contribution in [0.1, 0.15) is 86.5 Å². The Morgan fingerprint density at radius 2 is 1.81 bits per heavy atom. The standard InChI is InChI=1S/C27H46O4Si/c1-16(28)19-9-10-20-23-21(30)14-17-13-18(29)11-12-26(17,5)24(23)22(15-27(19,20)6)31-32(7,8)25(2,3)4/h17,19-24,30H,9-15H2,1-8H3/t17-,19+,20-,21+,22+,23+,24-,26-,27+/m0/s1. The molecule has 4 nitrogen and oxygen atoms in total. The van der Waals surface area contributed by atoms with Crippen LogP contribution >= 0.6 is 0 Å². The lowest BCUT2D eigenvalue weighted by atomic mass is 9.43. The number of ketones is 2. The van der Waals surface area contributed by atoms with Crippen molar-refractivity contribution >= 4 is 19.9 Å². The van der Waals surface area contributed by atoms with Gasteiger partial charge in [-0.2, -0.15) is 0 Å². The SMILES string of the molecule is CC(=O)[C@H]1CC[C@H]2[C@H]3[C@H]([C@H](O[Si](C)(C)C(C)(C)C)C[C@]12C)[C@@]1(C)CCC(=O)C[C@H]1C[C@H]3O. The highest BCUT2D eigenvalue weighted by atomic mass is 28.4. The van der Waals surface area contributed by atoms with E-state index in [4.69, 9.17) is 4.43 Å². The molecule has 0 aromatic carbocycles. The number of aliphatic hydroxyl groups excluding tert-OH is 1. The van der Waals surface area contributed by atoms with Gasteiger partial charge in [0, 0.05) is 24.9 Å². The second-order valence-corrected chi connectivity index (χ2v) is 18.6. The van der Waals surface area contributed by atoms with Crippen LogP contribution in [0.4, 0.5) is 0 Å². The van der Waals surface area contributed by atoms with Gasteiger partial charge in [-0.25, -0.2) is 0 Å². The van der Waals surface area contributed by atoms with E-state index in [0.29, 0.717) is 30.3 Å². The summed E-state index contributed by atoms with van der Waals surface area (Å²) in [5.74, 6) is 1.79. The maximum absolute atomic E-state index is 12.7. The van der Waals surface area contributed by atoms with E-state index >= 15 is 0 Å². The molecule has 0 unspecified atom stereocenters. The Morgan fingerprint density at radius 1 is 1.16 bits per heavy atom. The molecule has 0 aromatic heterocycles. The van der Waals surface area contributed by atoms with Crippen molar-refractivity contribution in [1.82, 2.24) is 0 Å². The summed E-state index contributed by atoms with van der Waals surface area (Å²) in [6, 6.07) is 0. The van der Waals surface area contributed by atoms with Crippen LogP contribution in [0, 0.1) is 40.4 Å². The Morgan fingerprint density at radius 3 is 2.41 bits per heavy atom. The molecule has 4 saturated carbocycles. The van der Waals surface area contributed by atoms with Crippen molar-refractivity contribution in [3.05, 3.63) is 0 Å². The van der Waals surface area contributed by atoms with Crippen molar-refractivity contribution in [1.29, 1.82) is 0 Å². The van der Waals surface area contributed by atoms with Crippen LogP contribution < -0.4 is 0 Å². The lowest BCUT2D eigenvalue weighted by molar-refractivity contribution is -0.201. The molecule has 4 fully saturated rings. The van der Waals surface area contributed by atoms with Crippen molar-refractivity contribution in [2.75, 3.05) is 0 Å². The maximum atomic E-state index is 12.7. The van der Waals surface area contributed by atoms with Gasteiger partial charge in [-0.05, 0) is 91.7 Å². The van der Waals surface area contributed by atoms with Gasteiger partial charge >= 0.3 is 0 Å². The van der Waals surface area contributed by atoms with Gasteiger partial charge in [-0.1, -0.05) is 34.6 Å². The molecule has 5 heteroatoms. The summed E-state index contributed by atoms with van der Waals surface area (Å²) in [6.45, 7) is 18.0. The van der Waals surface area contributed by atoms with Crippen LogP contribution in [0.2, 0.25) is 18.1 Å². The number of hydrogen-bond acceptors (Lipinski definition) is 4. The van der Waals surface area contributed by atoms with Gasteiger partial charge < -0.3 is 9.53 Å². The molecule has 1 N–H and O–H groups in total. The summed E-state index contributed by atoms with van der Waals surface area (Å²) < 4.78 is 7.24. The van der Waals surface area contributed by atoms with Crippen LogP contribution in [-0.2, 0) is 14.0 Å². The van der Waals surface area contributed by atoms with E-state index in [9.17, 15) is 14.7 Å². The lowest BCUT2D eigenvalue weighted by Crippen LogP contribution is -2.65. The van der Waals surface area contributed by atoms with Crippen LogP contribution in [0.5, 0.6) is 0 Å². The Balaban J connectivity index is 1.80. The largest absolute Gasteiger partial charge is 0.414 e. The van der Waals surface area contributed by atoms with Crippen LogP contribution in [0.25, 0.3) is 0 Å². The summed E-state index contributed by atoms with van der Waals surface area (Å²) in [6.07, 6.45) is 5.47. The number of carbonyl (C=O) groups excluding carboxylic acids is 2. The van der Waals surface area contributed by atoms with E-state index in [2.05, 4.69) is 47.7 Å². The van der Waals surface area contributed by atoms with E-state index in [-0.39, 0.29) is 45.6 Å². The van der Waals surface area contributed by atoms with Gasteiger partial charge in [0.15, 0.2) is 8.32 Å². The number of hydrogen-bond donors (Lipinski definition) is 1. The maximum Gasteiger partial charge on any atom is 0.192 e. The van der Waals surface area contributed by atoms with Crippen LogP contribution in [0.15, 0.2) is 0 Å². The highest BCUT2D eigenvalue weighted by Crippen LogP contribution is 2.68. The summed E-state index contributed by atoms with van der Waals surface area (Å²) in [5.41, 5.74) is -0.0742. The molecule has 9 atom stereocenters. The van der Waals surface area contributed by atoms with Crippen molar-refractivity contribution in [2.24, 2.45) is 40.4 Å². The zero-order valence-electron chi connectivity index (χ0n) is 21.7. The molecule has 4 aliphatic rings. The third-order valence-corrected chi connectivity index (χ3v) is 15.7. The van der Waals surface area contributed by atoms with Gasteiger partial charge in [0.25, 0.3) is 0 Å². The van der Waals surface area contributed by atoms with E-state index in [1.165, 1.54) is 0 Å². The second kappa shape index (κ2) is 7.74. The monoisotopic (exact) mass is 462 g/mol. The van der Waals surface area contributed by atoms with E-state index in [0.717, 1.165) is 32.1 Å². The molecule has 0 bridgehead atoms. The number of aliphatic hydroxyl groups is 1. The second-order valence-electron chi connectivity index (χ2n) is 13.8. The molecule has 0 aromatic rings. The van der Waals surface area contributed by atoms with Crippen molar-refractivity contribution < 1.29 is 19.1 Å². The first-order valence-corrected chi connectivity index (χ1v) is 15.9. The quantitative estimate of drug-likeness (QED) is 0.540. The van der Waals surface area contributed by atoms with Crippen molar-refractivity contribution in [3.8, 4) is 0 Å². The highest BCUT2D eigenvalue weighted by Gasteiger charge is 2.66. The molecule has 32 heavy (non-hydrogen) atoms. The first-order chi connectivity index (χ1) is 14.6. The normalized spacial score (nSPS) is 46.9. The first kappa shape index (κ1) is 24.6. The summed E-state index contributed by atoms with van der Waals surface area (Å²) >= 11 is 0. The highest BCUT2D eigenvalue weighted by molar-refractivity contribution is 6.74. The smallest absolute Gasteiger partial charge is 0.192 e. The zero-order chi connectivity index (χ0) is 23.9. The molecule has 0 saturated heterocycles. The number of carbonyl (C=O) groups is 2. The Labute approximate surface area is 196 Å². The van der Waals surface area contributed by atoms with Crippen LogP contribution in [-0.4, -0.2) is 37.2 Å². The number of Topliss-reactive ketones (excluding diaryl/α,β-unsaturated/α-hetero) is 2. The summed E-state index contributed by atoms with van der Waals surface area (Å²) in [5, 5.41) is 11.7.